The van der Waals surface area contributed by atoms with Gasteiger partial charge in [-0.3, -0.25) is 9.69 Å². The van der Waals surface area contributed by atoms with Crippen molar-refractivity contribution in [1.82, 2.24) is 4.90 Å². The molecule has 108 valence electrons. The first-order chi connectivity index (χ1) is 9.63. The lowest BCUT2D eigenvalue weighted by Crippen LogP contribution is -2.35. The number of ether oxygens (including phenoxy) is 1. The van der Waals surface area contributed by atoms with Crippen molar-refractivity contribution in [3.05, 3.63) is 27.7 Å². The predicted octanol–water partition coefficient (Wildman–Crippen LogP) is 2.68. The van der Waals surface area contributed by atoms with E-state index in [2.05, 4.69) is 33.0 Å². The molecule has 1 aromatic rings. The molecule has 0 bridgehead atoms. The second-order valence-corrected chi connectivity index (χ2v) is 6.46. The molecule has 1 aromatic carbocycles. The van der Waals surface area contributed by atoms with E-state index in [1.54, 1.807) is 0 Å². The number of carbonyl (C=O) groups is 1. The zero-order valence-corrected chi connectivity index (χ0v) is 12.9. The van der Waals surface area contributed by atoms with Crippen LogP contribution in [0.25, 0.3) is 0 Å². The number of fused-ring (bicyclic) bond motifs is 1. The van der Waals surface area contributed by atoms with Crippen LogP contribution in [0.2, 0.25) is 0 Å². The van der Waals surface area contributed by atoms with Gasteiger partial charge in [-0.1, -0.05) is 15.9 Å². The van der Waals surface area contributed by atoms with Gasteiger partial charge in [0, 0.05) is 23.0 Å². The van der Waals surface area contributed by atoms with Crippen LogP contribution in [0.4, 0.5) is 0 Å². The van der Waals surface area contributed by atoms with Gasteiger partial charge in [-0.15, -0.1) is 0 Å². The van der Waals surface area contributed by atoms with Gasteiger partial charge in [0.25, 0.3) is 0 Å². The maximum atomic E-state index is 11.0. The number of halogens is 1. The zero-order valence-electron chi connectivity index (χ0n) is 11.3. The van der Waals surface area contributed by atoms with Crippen LogP contribution in [0.3, 0.4) is 0 Å². The SMILES string of the molecule is O=C(O)C1CCN(Cc2cc(Br)cc3c2OCC3)CC1. The van der Waals surface area contributed by atoms with Crippen molar-refractivity contribution in [3.8, 4) is 5.75 Å². The minimum Gasteiger partial charge on any atom is -0.493 e. The van der Waals surface area contributed by atoms with Gasteiger partial charge >= 0.3 is 5.97 Å². The van der Waals surface area contributed by atoms with Crippen molar-refractivity contribution in [3.63, 3.8) is 0 Å². The monoisotopic (exact) mass is 339 g/mol. The van der Waals surface area contributed by atoms with E-state index in [4.69, 9.17) is 9.84 Å². The predicted molar refractivity (Wildman–Crippen MR) is 79.0 cm³/mol. The van der Waals surface area contributed by atoms with E-state index < -0.39 is 5.97 Å². The molecule has 0 radical (unpaired) electrons. The van der Waals surface area contributed by atoms with Gasteiger partial charge in [0.05, 0.1) is 12.5 Å². The molecule has 0 aromatic heterocycles. The standard InChI is InChI=1S/C15H18BrNO3/c16-13-7-11-3-6-20-14(11)12(8-13)9-17-4-1-10(2-5-17)15(18)19/h7-8,10H,1-6,9H2,(H,18,19). The molecule has 1 saturated heterocycles. The molecule has 0 unspecified atom stereocenters. The first kappa shape index (κ1) is 13.9. The summed E-state index contributed by atoms with van der Waals surface area (Å²) in [5.41, 5.74) is 2.48. The van der Waals surface area contributed by atoms with Crippen molar-refractivity contribution in [2.75, 3.05) is 19.7 Å². The van der Waals surface area contributed by atoms with Crippen LogP contribution < -0.4 is 4.74 Å². The van der Waals surface area contributed by atoms with Gasteiger partial charge in [0.15, 0.2) is 0 Å². The Morgan fingerprint density at radius 1 is 1.40 bits per heavy atom. The van der Waals surface area contributed by atoms with Crippen LogP contribution in [0.5, 0.6) is 5.75 Å². The average molecular weight is 340 g/mol. The maximum Gasteiger partial charge on any atom is 0.306 e. The fraction of sp³-hybridized carbons (Fsp3) is 0.533. The molecule has 1 N–H and O–H groups in total. The van der Waals surface area contributed by atoms with Crippen LogP contribution >= 0.6 is 15.9 Å². The first-order valence-corrected chi connectivity index (χ1v) is 7.82. The summed E-state index contributed by atoms with van der Waals surface area (Å²) in [5.74, 6) is 0.209. The summed E-state index contributed by atoms with van der Waals surface area (Å²) in [6, 6.07) is 4.25. The van der Waals surface area contributed by atoms with E-state index in [1.807, 2.05) is 0 Å². The maximum absolute atomic E-state index is 11.0. The summed E-state index contributed by atoms with van der Waals surface area (Å²) in [5, 5.41) is 9.03. The Balaban J connectivity index is 1.69. The average Bonchev–Trinajstić information content (AvgIpc) is 2.87. The van der Waals surface area contributed by atoms with E-state index in [0.717, 1.165) is 55.7 Å². The van der Waals surface area contributed by atoms with Gasteiger partial charge < -0.3 is 9.84 Å². The molecule has 4 nitrogen and oxygen atoms in total. The van der Waals surface area contributed by atoms with E-state index in [-0.39, 0.29) is 5.92 Å². The smallest absolute Gasteiger partial charge is 0.306 e. The highest BCUT2D eigenvalue weighted by Gasteiger charge is 2.26. The molecule has 3 rings (SSSR count). The first-order valence-electron chi connectivity index (χ1n) is 7.03. The van der Waals surface area contributed by atoms with Crippen molar-refractivity contribution >= 4 is 21.9 Å². The van der Waals surface area contributed by atoms with Gasteiger partial charge in [-0.05, 0) is 43.6 Å². The van der Waals surface area contributed by atoms with Crippen molar-refractivity contribution in [2.45, 2.75) is 25.8 Å². The molecule has 2 aliphatic heterocycles. The Bertz CT molecular complexity index is 524. The number of rotatable bonds is 3. The molecule has 1 fully saturated rings. The number of piperidine rings is 1. The molecule has 2 aliphatic rings. The summed E-state index contributed by atoms with van der Waals surface area (Å²) in [7, 11) is 0. The summed E-state index contributed by atoms with van der Waals surface area (Å²) in [6.45, 7) is 3.30. The second-order valence-electron chi connectivity index (χ2n) is 5.54. The molecule has 0 saturated carbocycles. The summed E-state index contributed by atoms with van der Waals surface area (Å²) < 4.78 is 6.84. The van der Waals surface area contributed by atoms with E-state index in [0.29, 0.717) is 0 Å². The Labute approximate surface area is 126 Å². The topological polar surface area (TPSA) is 49.8 Å². The molecule has 20 heavy (non-hydrogen) atoms. The number of benzene rings is 1. The highest BCUT2D eigenvalue weighted by Crippen LogP contribution is 2.34. The fourth-order valence-electron chi connectivity index (χ4n) is 3.04. The van der Waals surface area contributed by atoms with E-state index >= 15 is 0 Å². The molecule has 0 amide bonds. The largest absolute Gasteiger partial charge is 0.493 e. The molecule has 5 heteroatoms. The molecule has 0 atom stereocenters. The van der Waals surface area contributed by atoms with Crippen LogP contribution in [0.15, 0.2) is 16.6 Å². The van der Waals surface area contributed by atoms with E-state index in [1.165, 1.54) is 11.1 Å². The lowest BCUT2D eigenvalue weighted by molar-refractivity contribution is -0.143. The van der Waals surface area contributed by atoms with Crippen LogP contribution in [-0.2, 0) is 17.8 Å². The lowest BCUT2D eigenvalue weighted by atomic mass is 9.96. The highest BCUT2D eigenvalue weighted by atomic mass is 79.9. The quantitative estimate of drug-likeness (QED) is 0.919. The molecule has 0 aliphatic carbocycles. The highest BCUT2D eigenvalue weighted by molar-refractivity contribution is 9.10. The number of hydrogen-bond donors (Lipinski definition) is 1. The number of carboxylic acids is 1. The minimum absolute atomic E-state index is 0.171. The number of nitrogens with zero attached hydrogens (tertiary/aromatic N) is 1. The Kier molecular flexibility index (Phi) is 3.98. The molecule has 2 heterocycles. The van der Waals surface area contributed by atoms with Crippen LogP contribution in [0.1, 0.15) is 24.0 Å². The zero-order chi connectivity index (χ0) is 14.1. The molecular weight excluding hydrogens is 322 g/mol. The van der Waals surface area contributed by atoms with Crippen LogP contribution in [-0.4, -0.2) is 35.7 Å². The molecule has 0 spiro atoms. The second kappa shape index (κ2) is 5.74. The lowest BCUT2D eigenvalue weighted by Gasteiger charge is -2.30. The Morgan fingerprint density at radius 2 is 2.15 bits per heavy atom. The van der Waals surface area contributed by atoms with Crippen molar-refractivity contribution in [2.24, 2.45) is 5.92 Å². The van der Waals surface area contributed by atoms with Crippen molar-refractivity contribution < 1.29 is 14.6 Å². The minimum atomic E-state index is -0.656. The van der Waals surface area contributed by atoms with Gasteiger partial charge in [0.1, 0.15) is 5.75 Å². The van der Waals surface area contributed by atoms with Crippen LogP contribution in [0, 0.1) is 5.92 Å². The third kappa shape index (κ3) is 2.83. The number of likely N-dealkylation sites (tertiary alicyclic amines) is 1. The van der Waals surface area contributed by atoms with Gasteiger partial charge in [0.2, 0.25) is 0 Å². The molecular formula is C15H18BrNO3. The third-order valence-electron chi connectivity index (χ3n) is 4.16. The summed E-state index contributed by atoms with van der Waals surface area (Å²) in [4.78, 5) is 13.3. The normalized spacial score (nSPS) is 19.6. The number of aliphatic carboxylic acids is 1. The van der Waals surface area contributed by atoms with Gasteiger partial charge in [-0.25, -0.2) is 0 Å². The summed E-state index contributed by atoms with van der Waals surface area (Å²) in [6.07, 6.45) is 2.46. The Morgan fingerprint density at radius 3 is 2.85 bits per heavy atom. The van der Waals surface area contributed by atoms with Gasteiger partial charge in [-0.2, -0.15) is 0 Å². The fourth-order valence-corrected chi connectivity index (χ4v) is 3.60. The van der Waals surface area contributed by atoms with Crippen molar-refractivity contribution in [1.29, 1.82) is 0 Å². The number of hydrogen-bond acceptors (Lipinski definition) is 3. The third-order valence-corrected chi connectivity index (χ3v) is 4.61. The number of carboxylic acid groups (broad SMARTS) is 1. The Hall–Kier alpha value is -1.07. The summed E-state index contributed by atoms with van der Waals surface area (Å²) >= 11 is 3.56. The van der Waals surface area contributed by atoms with E-state index in [9.17, 15) is 4.79 Å².